The van der Waals surface area contributed by atoms with Crippen LogP contribution in [0.3, 0.4) is 0 Å². The zero-order chi connectivity index (χ0) is 16.6. The average molecular weight is 323 g/mol. The van der Waals surface area contributed by atoms with Crippen LogP contribution in [0.1, 0.15) is 0 Å². The van der Waals surface area contributed by atoms with Gasteiger partial charge in [-0.05, 0) is 18.2 Å². The van der Waals surface area contributed by atoms with Crippen molar-refractivity contribution in [1.82, 2.24) is 0 Å². The first-order chi connectivity index (χ1) is 11.0. The molecule has 0 aliphatic carbocycles. The standard InChI is InChI=1S/C15H17NO7/c17-6-10-13(19)14(20)12(15(21)23-10)16-8-3-1-7-2-4-11(18)22-9(7)5-8/h1-5,10,12-17,19-21H,6H2/t10?,12?,13-,14-,15?/m0/s1. The van der Waals surface area contributed by atoms with E-state index in [-0.39, 0.29) is 0 Å². The maximum Gasteiger partial charge on any atom is 0.336 e. The summed E-state index contributed by atoms with van der Waals surface area (Å²) in [6.45, 7) is -0.525. The van der Waals surface area contributed by atoms with E-state index in [1.54, 1.807) is 24.3 Å². The molecule has 1 saturated heterocycles. The number of hydrogen-bond donors (Lipinski definition) is 5. The minimum Gasteiger partial charge on any atom is -0.423 e. The lowest BCUT2D eigenvalue weighted by Crippen LogP contribution is -2.61. The summed E-state index contributed by atoms with van der Waals surface area (Å²) in [6.07, 6.45) is -5.19. The Labute approximate surface area is 130 Å². The van der Waals surface area contributed by atoms with Crippen LogP contribution in [0.2, 0.25) is 0 Å². The van der Waals surface area contributed by atoms with Gasteiger partial charge in [-0.2, -0.15) is 0 Å². The molecule has 1 aliphatic heterocycles. The van der Waals surface area contributed by atoms with Crippen LogP contribution in [0.15, 0.2) is 39.5 Å². The van der Waals surface area contributed by atoms with Gasteiger partial charge in [0, 0.05) is 23.2 Å². The van der Waals surface area contributed by atoms with Crippen LogP contribution in [0.5, 0.6) is 0 Å². The van der Waals surface area contributed by atoms with Crippen molar-refractivity contribution in [2.45, 2.75) is 30.6 Å². The Hall–Kier alpha value is -1.97. The van der Waals surface area contributed by atoms with Crippen molar-refractivity contribution in [3.63, 3.8) is 0 Å². The molecule has 8 heteroatoms. The van der Waals surface area contributed by atoms with Crippen LogP contribution in [0, 0.1) is 0 Å². The molecule has 0 bridgehead atoms. The molecule has 1 aromatic heterocycles. The molecule has 3 unspecified atom stereocenters. The van der Waals surface area contributed by atoms with E-state index in [1.165, 1.54) is 6.07 Å². The molecule has 0 saturated carbocycles. The highest BCUT2D eigenvalue weighted by molar-refractivity contribution is 5.80. The summed E-state index contributed by atoms with van der Waals surface area (Å²) in [7, 11) is 0. The minimum absolute atomic E-state index is 0.344. The Balaban J connectivity index is 1.84. The summed E-state index contributed by atoms with van der Waals surface area (Å²) in [4.78, 5) is 11.3. The molecule has 3 rings (SSSR count). The monoisotopic (exact) mass is 323 g/mol. The highest BCUT2D eigenvalue weighted by Gasteiger charge is 2.43. The molecule has 0 radical (unpaired) electrons. The molecule has 1 aromatic carbocycles. The number of hydrogen-bond acceptors (Lipinski definition) is 8. The first-order valence-corrected chi connectivity index (χ1v) is 7.10. The third kappa shape index (κ3) is 3.07. The van der Waals surface area contributed by atoms with Crippen LogP contribution >= 0.6 is 0 Å². The molecular formula is C15H17NO7. The largest absolute Gasteiger partial charge is 0.423 e. The number of rotatable bonds is 3. The summed E-state index contributed by atoms with van der Waals surface area (Å²) in [6, 6.07) is 6.83. The van der Waals surface area contributed by atoms with Crippen molar-refractivity contribution in [2.24, 2.45) is 0 Å². The van der Waals surface area contributed by atoms with Gasteiger partial charge in [0.15, 0.2) is 6.29 Å². The lowest BCUT2D eigenvalue weighted by atomic mass is 9.97. The number of anilines is 1. The smallest absolute Gasteiger partial charge is 0.336 e. The van der Waals surface area contributed by atoms with Gasteiger partial charge in [-0.1, -0.05) is 0 Å². The summed E-state index contributed by atoms with van der Waals surface area (Å²) in [5.41, 5.74) is 0.321. The molecule has 0 spiro atoms. The molecule has 8 nitrogen and oxygen atoms in total. The highest BCUT2D eigenvalue weighted by Crippen LogP contribution is 2.24. The Morgan fingerprint density at radius 2 is 1.83 bits per heavy atom. The Morgan fingerprint density at radius 1 is 1.09 bits per heavy atom. The summed E-state index contributed by atoms with van der Waals surface area (Å²) < 4.78 is 10.1. The van der Waals surface area contributed by atoms with Crippen molar-refractivity contribution < 1.29 is 29.6 Å². The molecule has 5 atom stereocenters. The van der Waals surface area contributed by atoms with Crippen molar-refractivity contribution in [3.8, 4) is 0 Å². The average Bonchev–Trinajstić information content (AvgIpc) is 2.54. The van der Waals surface area contributed by atoms with E-state index < -0.39 is 42.9 Å². The van der Waals surface area contributed by atoms with E-state index in [2.05, 4.69) is 5.32 Å². The second-order valence-electron chi connectivity index (χ2n) is 5.41. The first kappa shape index (κ1) is 15.9. The van der Waals surface area contributed by atoms with Gasteiger partial charge in [0.1, 0.15) is 29.9 Å². The van der Waals surface area contributed by atoms with Gasteiger partial charge < -0.3 is 34.9 Å². The Morgan fingerprint density at radius 3 is 2.57 bits per heavy atom. The zero-order valence-corrected chi connectivity index (χ0v) is 12.0. The number of fused-ring (bicyclic) bond motifs is 1. The molecule has 1 aliphatic rings. The van der Waals surface area contributed by atoms with Crippen molar-refractivity contribution in [1.29, 1.82) is 0 Å². The SMILES string of the molecule is O=c1ccc2ccc(NC3C(O)OC(CO)[C@H](O)[C@H]3O)cc2o1. The van der Waals surface area contributed by atoms with Crippen LogP contribution in [0.25, 0.3) is 11.0 Å². The van der Waals surface area contributed by atoms with E-state index in [9.17, 15) is 20.1 Å². The van der Waals surface area contributed by atoms with Crippen molar-refractivity contribution >= 4 is 16.7 Å². The second-order valence-corrected chi connectivity index (χ2v) is 5.41. The van der Waals surface area contributed by atoms with Gasteiger partial charge in [-0.25, -0.2) is 4.79 Å². The second kappa shape index (κ2) is 6.26. The molecule has 23 heavy (non-hydrogen) atoms. The summed E-state index contributed by atoms with van der Waals surface area (Å²) >= 11 is 0. The van der Waals surface area contributed by atoms with Crippen LogP contribution in [-0.4, -0.2) is 57.7 Å². The fourth-order valence-corrected chi connectivity index (χ4v) is 2.60. The van der Waals surface area contributed by atoms with E-state index in [1.807, 2.05) is 0 Å². The fourth-order valence-electron chi connectivity index (χ4n) is 2.60. The number of aliphatic hydroxyl groups is 4. The fraction of sp³-hybridized carbons (Fsp3) is 0.400. The normalized spacial score (nSPS) is 31.2. The van der Waals surface area contributed by atoms with Crippen LogP contribution < -0.4 is 10.9 Å². The lowest BCUT2D eigenvalue weighted by Gasteiger charge is -2.40. The maximum atomic E-state index is 11.3. The molecule has 2 heterocycles. The van der Waals surface area contributed by atoms with Crippen molar-refractivity contribution in [2.75, 3.05) is 11.9 Å². The minimum atomic E-state index is -1.43. The van der Waals surface area contributed by atoms with E-state index >= 15 is 0 Å². The molecule has 1 fully saturated rings. The molecule has 5 N–H and O–H groups in total. The molecule has 2 aromatic rings. The number of ether oxygens (including phenoxy) is 1. The number of nitrogens with one attached hydrogen (secondary N) is 1. The third-order valence-corrected chi connectivity index (χ3v) is 3.86. The van der Waals surface area contributed by atoms with Gasteiger partial charge in [0.25, 0.3) is 0 Å². The van der Waals surface area contributed by atoms with E-state index in [0.29, 0.717) is 11.3 Å². The predicted molar refractivity (Wildman–Crippen MR) is 79.9 cm³/mol. The van der Waals surface area contributed by atoms with E-state index in [0.717, 1.165) is 5.39 Å². The molecular weight excluding hydrogens is 306 g/mol. The zero-order valence-electron chi connectivity index (χ0n) is 12.0. The van der Waals surface area contributed by atoms with Gasteiger partial charge in [-0.3, -0.25) is 0 Å². The first-order valence-electron chi connectivity index (χ1n) is 7.10. The molecule has 124 valence electrons. The Bertz CT molecular complexity index is 746. The van der Waals surface area contributed by atoms with E-state index in [4.69, 9.17) is 14.3 Å². The Kier molecular flexibility index (Phi) is 4.33. The van der Waals surface area contributed by atoms with Gasteiger partial charge in [-0.15, -0.1) is 0 Å². The predicted octanol–water partition coefficient (Wildman–Crippen LogP) is -0.995. The third-order valence-electron chi connectivity index (χ3n) is 3.86. The van der Waals surface area contributed by atoms with Gasteiger partial charge in [0.05, 0.1) is 6.61 Å². The van der Waals surface area contributed by atoms with Crippen LogP contribution in [0.4, 0.5) is 5.69 Å². The quantitative estimate of drug-likeness (QED) is 0.455. The van der Waals surface area contributed by atoms with Crippen molar-refractivity contribution in [3.05, 3.63) is 40.8 Å². The highest BCUT2D eigenvalue weighted by atomic mass is 16.6. The summed E-state index contributed by atoms with van der Waals surface area (Å²) in [5, 5.41) is 42.5. The number of benzene rings is 1. The van der Waals surface area contributed by atoms with Gasteiger partial charge >= 0.3 is 5.63 Å². The van der Waals surface area contributed by atoms with Gasteiger partial charge in [0.2, 0.25) is 0 Å². The summed E-state index contributed by atoms with van der Waals surface area (Å²) in [5.74, 6) is 0. The maximum absolute atomic E-state index is 11.3. The van der Waals surface area contributed by atoms with Crippen LogP contribution in [-0.2, 0) is 4.74 Å². The topological polar surface area (TPSA) is 132 Å². The lowest BCUT2D eigenvalue weighted by molar-refractivity contribution is -0.245. The number of aliphatic hydroxyl groups excluding tert-OH is 4. The molecule has 0 amide bonds.